The molecule has 8 heavy (non-hydrogen) atoms. The van der Waals surface area contributed by atoms with Crippen LogP contribution in [0.1, 0.15) is 33.1 Å². The van der Waals surface area contributed by atoms with E-state index in [0.717, 1.165) is 12.3 Å². The van der Waals surface area contributed by atoms with Crippen LogP contribution in [-0.2, 0) is 0 Å². The first-order valence-corrected chi connectivity index (χ1v) is 3.72. The Hall–Kier alpha value is 0.0900. The summed E-state index contributed by atoms with van der Waals surface area (Å²) in [5.74, 6) is 0.803. The van der Waals surface area contributed by atoms with E-state index in [1.54, 1.807) is 0 Å². The van der Waals surface area contributed by atoms with Gasteiger partial charge in [-0.1, -0.05) is 38.9 Å². The fourth-order valence-corrected chi connectivity index (χ4v) is 1.10. The molecule has 0 bridgehead atoms. The van der Waals surface area contributed by atoms with Crippen molar-refractivity contribution in [2.24, 2.45) is 5.92 Å². The second-order valence-electron chi connectivity index (χ2n) is 2.30. The van der Waals surface area contributed by atoms with Gasteiger partial charge in [0.15, 0.2) is 0 Å². The van der Waals surface area contributed by atoms with Crippen LogP contribution in [0.25, 0.3) is 0 Å². The molecule has 0 nitrogen and oxygen atoms in total. The molecule has 48 valence electrons. The minimum absolute atomic E-state index is 0.803. The molecule has 0 N–H and O–H groups in total. The van der Waals surface area contributed by atoms with Crippen LogP contribution in [0, 0.1) is 5.92 Å². The molecular weight excluding hydrogens is 116 g/mol. The average molecular weight is 130 g/mol. The molecule has 1 heteroatoms. The van der Waals surface area contributed by atoms with Crippen molar-refractivity contribution in [1.29, 1.82) is 0 Å². The van der Waals surface area contributed by atoms with Crippen molar-refractivity contribution in [3.63, 3.8) is 0 Å². The third-order valence-corrected chi connectivity index (χ3v) is 1.47. The highest BCUT2D eigenvalue weighted by atomic mass is 32.1. The van der Waals surface area contributed by atoms with Gasteiger partial charge in [0.25, 0.3) is 0 Å². The maximum atomic E-state index is 4.72. The summed E-state index contributed by atoms with van der Waals surface area (Å²) in [6, 6.07) is 0. The van der Waals surface area contributed by atoms with E-state index < -0.39 is 0 Å². The van der Waals surface area contributed by atoms with Crippen molar-refractivity contribution in [2.45, 2.75) is 33.1 Å². The van der Waals surface area contributed by atoms with Crippen molar-refractivity contribution in [1.82, 2.24) is 0 Å². The second kappa shape index (κ2) is 5.23. The summed E-state index contributed by atoms with van der Waals surface area (Å²) >= 11 is 4.72. The zero-order chi connectivity index (χ0) is 6.41. The van der Waals surface area contributed by atoms with Gasteiger partial charge < -0.3 is 0 Å². The van der Waals surface area contributed by atoms with E-state index in [1.807, 2.05) is 5.37 Å². The largest absolute Gasteiger partial charge is 0.0935 e. The molecule has 0 fully saturated rings. The Morgan fingerprint density at radius 3 is 2.62 bits per heavy atom. The van der Waals surface area contributed by atoms with Crippen LogP contribution < -0.4 is 0 Å². The fourth-order valence-electron chi connectivity index (χ4n) is 0.775. The standard InChI is InChI=1S/C7H14S/c1-3-4-7(2)5-6-8/h6-7H,3-5H2,1-2H3/t7-/m0/s1. The molecule has 0 aromatic heterocycles. The number of thiocarbonyl (C=S) groups is 1. The van der Waals surface area contributed by atoms with Crippen molar-refractivity contribution in [3.05, 3.63) is 0 Å². The summed E-state index contributed by atoms with van der Waals surface area (Å²) in [6.45, 7) is 4.45. The van der Waals surface area contributed by atoms with Crippen LogP contribution >= 0.6 is 12.2 Å². The van der Waals surface area contributed by atoms with E-state index in [0.29, 0.717) is 0 Å². The highest BCUT2D eigenvalue weighted by molar-refractivity contribution is 7.78. The van der Waals surface area contributed by atoms with Gasteiger partial charge in [-0.3, -0.25) is 0 Å². The zero-order valence-electron chi connectivity index (χ0n) is 5.68. The first-order valence-electron chi connectivity index (χ1n) is 3.24. The summed E-state index contributed by atoms with van der Waals surface area (Å²) in [5.41, 5.74) is 0. The third kappa shape index (κ3) is 4.25. The van der Waals surface area contributed by atoms with Crippen molar-refractivity contribution < 1.29 is 0 Å². The first-order chi connectivity index (χ1) is 3.81. The van der Waals surface area contributed by atoms with E-state index in [1.165, 1.54) is 12.8 Å². The van der Waals surface area contributed by atoms with Crippen molar-refractivity contribution in [2.75, 3.05) is 0 Å². The SMILES string of the molecule is CCC[C@H](C)CC=S. The van der Waals surface area contributed by atoms with Crippen LogP contribution in [0.4, 0.5) is 0 Å². The molecule has 0 amide bonds. The maximum absolute atomic E-state index is 4.72. The highest BCUT2D eigenvalue weighted by Crippen LogP contribution is 2.07. The van der Waals surface area contributed by atoms with Gasteiger partial charge in [-0.2, -0.15) is 0 Å². The van der Waals surface area contributed by atoms with Gasteiger partial charge in [0, 0.05) is 0 Å². The van der Waals surface area contributed by atoms with Crippen molar-refractivity contribution in [3.8, 4) is 0 Å². The van der Waals surface area contributed by atoms with E-state index in [4.69, 9.17) is 12.2 Å². The number of hydrogen-bond donors (Lipinski definition) is 0. The van der Waals surface area contributed by atoms with E-state index in [9.17, 15) is 0 Å². The predicted octanol–water partition coefficient (Wildman–Crippen LogP) is 2.81. The molecule has 0 aliphatic heterocycles. The smallest absolute Gasteiger partial charge is 0.0208 e. The lowest BCUT2D eigenvalue weighted by atomic mass is 10.0. The van der Waals surface area contributed by atoms with Gasteiger partial charge in [0.1, 0.15) is 0 Å². The normalized spacial score (nSPS) is 13.2. The Kier molecular flexibility index (Phi) is 5.29. The molecule has 0 unspecified atom stereocenters. The molecule has 0 aromatic rings. The van der Waals surface area contributed by atoms with E-state index in [2.05, 4.69) is 13.8 Å². The molecule has 0 aliphatic rings. The summed E-state index contributed by atoms with van der Waals surface area (Å²) in [7, 11) is 0. The lowest BCUT2D eigenvalue weighted by molar-refractivity contribution is 0.550. The van der Waals surface area contributed by atoms with E-state index in [-0.39, 0.29) is 0 Å². The van der Waals surface area contributed by atoms with Gasteiger partial charge in [0.2, 0.25) is 0 Å². The maximum Gasteiger partial charge on any atom is -0.0208 e. The van der Waals surface area contributed by atoms with Crippen LogP contribution in [-0.4, -0.2) is 5.37 Å². The summed E-state index contributed by atoms with van der Waals surface area (Å²) in [6.07, 6.45) is 3.70. The highest BCUT2D eigenvalue weighted by Gasteiger charge is 1.94. The Morgan fingerprint density at radius 1 is 1.62 bits per heavy atom. The number of rotatable bonds is 4. The molecular formula is C7H14S. The Balaban J connectivity index is 3.03. The van der Waals surface area contributed by atoms with Crippen LogP contribution in [0.2, 0.25) is 0 Å². The number of hydrogen-bond acceptors (Lipinski definition) is 1. The van der Waals surface area contributed by atoms with Crippen LogP contribution in [0.15, 0.2) is 0 Å². The van der Waals surface area contributed by atoms with Gasteiger partial charge in [-0.05, 0) is 17.7 Å². The van der Waals surface area contributed by atoms with Gasteiger partial charge in [0.05, 0.1) is 0 Å². The van der Waals surface area contributed by atoms with Crippen molar-refractivity contribution >= 4 is 17.6 Å². The minimum atomic E-state index is 0.803. The zero-order valence-corrected chi connectivity index (χ0v) is 6.50. The Bertz CT molecular complexity index is 59.4. The summed E-state index contributed by atoms with van der Waals surface area (Å²) < 4.78 is 0. The molecule has 0 heterocycles. The molecule has 0 saturated heterocycles. The quantitative estimate of drug-likeness (QED) is 0.527. The van der Waals surface area contributed by atoms with Gasteiger partial charge in [-0.25, -0.2) is 0 Å². The fraction of sp³-hybridized carbons (Fsp3) is 0.857. The van der Waals surface area contributed by atoms with Gasteiger partial charge >= 0.3 is 0 Å². The predicted molar refractivity (Wildman–Crippen MR) is 42.3 cm³/mol. The van der Waals surface area contributed by atoms with Crippen LogP contribution in [0.3, 0.4) is 0 Å². The molecule has 0 spiro atoms. The second-order valence-corrected chi connectivity index (χ2v) is 2.63. The lowest BCUT2D eigenvalue weighted by Crippen LogP contribution is -1.92. The molecule has 0 aromatic carbocycles. The Morgan fingerprint density at radius 2 is 2.25 bits per heavy atom. The Labute approximate surface area is 57.3 Å². The topological polar surface area (TPSA) is 0 Å². The molecule has 0 radical (unpaired) electrons. The minimum Gasteiger partial charge on any atom is -0.0935 e. The third-order valence-electron chi connectivity index (χ3n) is 1.28. The first kappa shape index (κ1) is 8.09. The van der Waals surface area contributed by atoms with Crippen LogP contribution in [0.5, 0.6) is 0 Å². The summed E-state index contributed by atoms with van der Waals surface area (Å²) in [5, 5.41) is 1.83. The average Bonchev–Trinajstić information content (AvgIpc) is 1.68. The van der Waals surface area contributed by atoms with Gasteiger partial charge in [-0.15, -0.1) is 0 Å². The summed E-state index contributed by atoms with van der Waals surface area (Å²) in [4.78, 5) is 0. The molecule has 0 rings (SSSR count). The molecule has 0 saturated carbocycles. The molecule has 1 atom stereocenters. The monoisotopic (exact) mass is 130 g/mol. The van der Waals surface area contributed by atoms with E-state index >= 15 is 0 Å². The molecule has 0 aliphatic carbocycles. The lowest BCUT2D eigenvalue weighted by Gasteiger charge is -2.02.